The summed E-state index contributed by atoms with van der Waals surface area (Å²) in [6, 6.07) is 14.0. The number of hydrogen-bond donors (Lipinski definition) is 1. The van der Waals surface area contributed by atoms with E-state index in [2.05, 4.69) is 0 Å². The van der Waals surface area contributed by atoms with Crippen LogP contribution in [-0.2, 0) is 13.0 Å². The number of carbonyl (C=O) groups is 2. The van der Waals surface area contributed by atoms with E-state index in [0.717, 1.165) is 32.1 Å². The smallest absolute Gasteiger partial charge is 0.336 e. The maximum atomic E-state index is 14.6. The van der Waals surface area contributed by atoms with Crippen LogP contribution in [0.4, 0.5) is 8.78 Å². The van der Waals surface area contributed by atoms with Gasteiger partial charge in [-0.25, -0.2) is 22.9 Å². The van der Waals surface area contributed by atoms with Gasteiger partial charge in [-0.05, 0) is 54.2 Å². The Balaban J connectivity index is 1.84. The van der Waals surface area contributed by atoms with Gasteiger partial charge in [-0.1, -0.05) is 81.6 Å². The number of carboxylic acid groups (broad SMARTS) is 1. The number of aromatic nitrogens is 2. The summed E-state index contributed by atoms with van der Waals surface area (Å²) in [5.41, 5.74) is 0.197. The third-order valence-electron chi connectivity index (χ3n) is 7.67. The van der Waals surface area contributed by atoms with Crippen molar-refractivity contribution in [3.8, 4) is 11.1 Å². The van der Waals surface area contributed by atoms with Crippen molar-refractivity contribution in [2.75, 3.05) is 0 Å². The van der Waals surface area contributed by atoms with Crippen molar-refractivity contribution in [1.82, 2.24) is 9.13 Å². The Labute approximate surface area is 227 Å². The molecule has 208 valence electrons. The highest BCUT2D eigenvalue weighted by molar-refractivity contribution is 5.97. The minimum absolute atomic E-state index is 0.00490. The number of benzene rings is 2. The van der Waals surface area contributed by atoms with E-state index in [9.17, 15) is 28.3 Å². The second-order valence-electron chi connectivity index (χ2n) is 10.9. The summed E-state index contributed by atoms with van der Waals surface area (Å²) in [6.07, 6.45) is 2.52. The van der Waals surface area contributed by atoms with Gasteiger partial charge in [0.05, 0.1) is 12.1 Å². The van der Waals surface area contributed by atoms with Crippen molar-refractivity contribution in [3.63, 3.8) is 0 Å². The SMILES string of the molecule is CC(C)CCc1c(C(F)F)n(C(=O)CC2CCCCC2)c(=O)n1Cc1cccc(-c2ccccc2)c1C(=O)O. The fourth-order valence-corrected chi connectivity index (χ4v) is 5.67. The van der Waals surface area contributed by atoms with E-state index in [-0.39, 0.29) is 42.5 Å². The number of alkyl halides is 2. The monoisotopic (exact) mass is 538 g/mol. The number of nitrogens with zero attached hydrogens (tertiary/aromatic N) is 2. The summed E-state index contributed by atoms with van der Waals surface area (Å²) in [5.74, 6) is -1.53. The maximum Gasteiger partial charge on any atom is 0.336 e. The summed E-state index contributed by atoms with van der Waals surface area (Å²) in [4.78, 5) is 39.5. The quantitative estimate of drug-likeness (QED) is 0.296. The molecule has 0 amide bonds. The van der Waals surface area contributed by atoms with Crippen LogP contribution in [-0.4, -0.2) is 26.1 Å². The summed E-state index contributed by atoms with van der Waals surface area (Å²) >= 11 is 0. The maximum absolute atomic E-state index is 14.6. The van der Waals surface area contributed by atoms with Gasteiger partial charge < -0.3 is 5.11 Å². The fraction of sp³-hybridized carbons (Fsp3) is 0.452. The normalized spacial score (nSPS) is 14.3. The highest BCUT2D eigenvalue weighted by Gasteiger charge is 2.31. The van der Waals surface area contributed by atoms with E-state index in [1.54, 1.807) is 42.5 Å². The van der Waals surface area contributed by atoms with Crippen LogP contribution in [0, 0.1) is 11.8 Å². The first-order valence-corrected chi connectivity index (χ1v) is 13.7. The van der Waals surface area contributed by atoms with E-state index in [1.807, 2.05) is 19.9 Å². The van der Waals surface area contributed by atoms with Crippen LogP contribution in [0.1, 0.15) is 97.3 Å². The second kappa shape index (κ2) is 12.5. The van der Waals surface area contributed by atoms with Crippen molar-refractivity contribution in [1.29, 1.82) is 0 Å². The lowest BCUT2D eigenvalue weighted by Gasteiger charge is -2.20. The molecule has 1 saturated carbocycles. The van der Waals surface area contributed by atoms with Crippen molar-refractivity contribution >= 4 is 11.9 Å². The van der Waals surface area contributed by atoms with Crippen molar-refractivity contribution < 1.29 is 23.5 Å². The Hall–Kier alpha value is -3.55. The van der Waals surface area contributed by atoms with Gasteiger partial charge in [-0.3, -0.25) is 9.36 Å². The zero-order valence-electron chi connectivity index (χ0n) is 22.5. The lowest BCUT2D eigenvalue weighted by atomic mass is 9.87. The van der Waals surface area contributed by atoms with Gasteiger partial charge in [0.2, 0.25) is 5.91 Å². The highest BCUT2D eigenvalue weighted by atomic mass is 19.3. The number of halogens is 2. The summed E-state index contributed by atoms with van der Waals surface area (Å²) in [6.45, 7) is 3.70. The number of carboxylic acids is 1. The molecule has 4 rings (SSSR count). The van der Waals surface area contributed by atoms with Gasteiger partial charge in [0.15, 0.2) is 0 Å². The van der Waals surface area contributed by atoms with Crippen LogP contribution < -0.4 is 5.69 Å². The highest BCUT2D eigenvalue weighted by Crippen LogP contribution is 2.31. The van der Waals surface area contributed by atoms with Gasteiger partial charge in [-0.2, -0.15) is 0 Å². The molecule has 6 nitrogen and oxygen atoms in total. The predicted molar refractivity (Wildman–Crippen MR) is 147 cm³/mol. The summed E-state index contributed by atoms with van der Waals surface area (Å²) in [7, 11) is 0. The second-order valence-corrected chi connectivity index (χ2v) is 10.9. The molecule has 0 aliphatic heterocycles. The zero-order valence-corrected chi connectivity index (χ0v) is 22.5. The molecule has 39 heavy (non-hydrogen) atoms. The first-order chi connectivity index (χ1) is 18.7. The first kappa shape index (κ1) is 28.5. The predicted octanol–water partition coefficient (Wildman–Crippen LogP) is 7.20. The third-order valence-corrected chi connectivity index (χ3v) is 7.67. The molecule has 1 aromatic heterocycles. The van der Waals surface area contributed by atoms with Crippen LogP contribution in [0.25, 0.3) is 11.1 Å². The molecule has 0 radical (unpaired) electrons. The van der Waals surface area contributed by atoms with Crippen LogP contribution in [0.2, 0.25) is 0 Å². The molecule has 8 heteroatoms. The first-order valence-electron chi connectivity index (χ1n) is 13.7. The van der Waals surface area contributed by atoms with Crippen LogP contribution in [0.3, 0.4) is 0 Å². The molecule has 1 aliphatic carbocycles. The van der Waals surface area contributed by atoms with Crippen molar-refractivity contribution in [2.24, 2.45) is 11.8 Å². The van der Waals surface area contributed by atoms with Crippen LogP contribution >= 0.6 is 0 Å². The fourth-order valence-electron chi connectivity index (χ4n) is 5.67. The van der Waals surface area contributed by atoms with Crippen LogP contribution in [0.15, 0.2) is 53.3 Å². The molecule has 0 unspecified atom stereocenters. The Morgan fingerprint density at radius 1 is 1.00 bits per heavy atom. The van der Waals surface area contributed by atoms with E-state index in [1.165, 1.54) is 4.57 Å². The minimum Gasteiger partial charge on any atom is -0.478 e. The van der Waals surface area contributed by atoms with Gasteiger partial charge in [0, 0.05) is 12.1 Å². The average molecular weight is 539 g/mol. The molecule has 1 aliphatic rings. The van der Waals surface area contributed by atoms with E-state index in [0.29, 0.717) is 27.7 Å². The standard InChI is InChI=1S/C31H36F2N2O4/c1-20(2)16-17-25-28(29(32)33)35(26(36)18-21-10-5-3-6-11-21)31(39)34(25)19-23-14-9-15-24(27(23)30(37)38)22-12-7-4-8-13-22/h4,7-9,12-15,20-21,29H,3,5-6,10-11,16-19H2,1-2H3,(H,37,38). The number of imidazole rings is 1. The Morgan fingerprint density at radius 3 is 2.31 bits per heavy atom. The zero-order chi connectivity index (χ0) is 28.1. The third kappa shape index (κ3) is 6.37. The molecular formula is C31H36F2N2O4. The van der Waals surface area contributed by atoms with Crippen molar-refractivity contribution in [2.45, 2.75) is 78.2 Å². The number of carbonyl (C=O) groups excluding carboxylic acids is 1. The molecule has 0 saturated heterocycles. The van der Waals surface area contributed by atoms with E-state index >= 15 is 0 Å². The molecule has 0 bridgehead atoms. The number of rotatable bonds is 10. The topological polar surface area (TPSA) is 81.3 Å². The molecule has 1 heterocycles. The van der Waals surface area contributed by atoms with Gasteiger partial charge in [0.25, 0.3) is 6.43 Å². The Bertz CT molecular complexity index is 1370. The van der Waals surface area contributed by atoms with Gasteiger partial charge >= 0.3 is 11.7 Å². The molecule has 3 aromatic rings. The largest absolute Gasteiger partial charge is 0.478 e. The van der Waals surface area contributed by atoms with Gasteiger partial charge in [-0.15, -0.1) is 0 Å². The number of aromatic carboxylic acids is 1. The van der Waals surface area contributed by atoms with E-state index in [4.69, 9.17) is 0 Å². The van der Waals surface area contributed by atoms with Crippen molar-refractivity contribution in [3.05, 3.63) is 81.5 Å². The average Bonchev–Trinajstić information content (AvgIpc) is 3.19. The molecule has 0 spiro atoms. The van der Waals surface area contributed by atoms with Gasteiger partial charge in [0.1, 0.15) is 5.69 Å². The lowest BCUT2D eigenvalue weighted by Crippen LogP contribution is -2.32. The molecule has 1 N–H and O–H groups in total. The summed E-state index contributed by atoms with van der Waals surface area (Å²) < 4.78 is 31.0. The molecule has 1 fully saturated rings. The number of hydrogen-bond acceptors (Lipinski definition) is 3. The van der Waals surface area contributed by atoms with E-state index < -0.39 is 29.7 Å². The minimum atomic E-state index is -3.02. The molecule has 0 atom stereocenters. The molecule has 2 aromatic carbocycles. The lowest BCUT2D eigenvalue weighted by molar-refractivity contribution is 0.0695. The molecular weight excluding hydrogens is 502 g/mol. The Kier molecular flexibility index (Phi) is 9.15. The summed E-state index contributed by atoms with van der Waals surface area (Å²) in [5, 5.41) is 10.2. The Morgan fingerprint density at radius 2 is 1.69 bits per heavy atom. The van der Waals surface area contributed by atoms with Crippen LogP contribution in [0.5, 0.6) is 0 Å².